The quantitative estimate of drug-likeness (QED) is 0.664. The van der Waals surface area contributed by atoms with Gasteiger partial charge in [0.15, 0.2) is 11.5 Å². The largest absolute Gasteiger partial charge is 0.493 e. The van der Waals surface area contributed by atoms with E-state index in [2.05, 4.69) is 21.7 Å². The van der Waals surface area contributed by atoms with Crippen molar-refractivity contribution in [3.63, 3.8) is 0 Å². The molecule has 9 heteroatoms. The standard InChI is InChI=1S/C19H23N3O3S.2ClH/c1-12-17(18(23)21-11-13-6-8-20-9-7-13)26-19(22-12)14-4-5-15(24-2)16(10-14)25-3;;/h4-6,10,20H,7-9,11H2,1-3H3,(H,21,23);2*1H. The first-order chi connectivity index (χ1) is 12.6. The molecule has 2 aromatic rings. The average Bonchev–Trinajstić information content (AvgIpc) is 3.08. The van der Waals surface area contributed by atoms with Gasteiger partial charge in [0.25, 0.3) is 5.91 Å². The van der Waals surface area contributed by atoms with Gasteiger partial charge < -0.3 is 20.1 Å². The second kappa shape index (κ2) is 11.3. The van der Waals surface area contributed by atoms with Crippen LogP contribution >= 0.6 is 36.2 Å². The van der Waals surface area contributed by atoms with Crippen molar-refractivity contribution >= 4 is 42.1 Å². The van der Waals surface area contributed by atoms with Crippen molar-refractivity contribution in [2.24, 2.45) is 0 Å². The van der Waals surface area contributed by atoms with E-state index in [1.54, 1.807) is 14.2 Å². The molecule has 1 aromatic heterocycles. The highest BCUT2D eigenvalue weighted by atomic mass is 35.5. The highest BCUT2D eigenvalue weighted by molar-refractivity contribution is 7.17. The molecule has 0 fully saturated rings. The molecular weight excluding hydrogens is 421 g/mol. The molecule has 6 nitrogen and oxygen atoms in total. The van der Waals surface area contributed by atoms with E-state index < -0.39 is 0 Å². The summed E-state index contributed by atoms with van der Waals surface area (Å²) in [5, 5.41) is 7.06. The number of hydrogen-bond acceptors (Lipinski definition) is 6. The predicted octanol–water partition coefficient (Wildman–Crippen LogP) is 3.63. The van der Waals surface area contributed by atoms with Gasteiger partial charge >= 0.3 is 0 Å². The maximum absolute atomic E-state index is 12.5. The summed E-state index contributed by atoms with van der Waals surface area (Å²) in [5.74, 6) is 1.23. The van der Waals surface area contributed by atoms with Crippen molar-refractivity contribution in [2.45, 2.75) is 13.3 Å². The average molecular weight is 446 g/mol. The van der Waals surface area contributed by atoms with Gasteiger partial charge in [-0.1, -0.05) is 11.6 Å². The Hall–Kier alpha value is -1.80. The molecule has 2 N–H and O–H groups in total. The van der Waals surface area contributed by atoms with Crippen LogP contribution in [0.5, 0.6) is 11.5 Å². The number of methoxy groups -OCH3 is 2. The number of amides is 1. The summed E-state index contributed by atoms with van der Waals surface area (Å²) in [5.41, 5.74) is 2.90. The first-order valence-corrected chi connectivity index (χ1v) is 9.30. The van der Waals surface area contributed by atoms with Gasteiger partial charge in [-0.2, -0.15) is 0 Å². The number of nitrogens with one attached hydrogen (secondary N) is 2. The Morgan fingerprint density at radius 1 is 1.25 bits per heavy atom. The fourth-order valence-corrected chi connectivity index (χ4v) is 3.78. The van der Waals surface area contributed by atoms with Crippen molar-refractivity contribution in [3.05, 3.63) is 40.4 Å². The van der Waals surface area contributed by atoms with E-state index in [0.29, 0.717) is 22.9 Å². The third kappa shape index (κ3) is 5.61. The van der Waals surface area contributed by atoms with Crippen molar-refractivity contribution in [1.29, 1.82) is 0 Å². The summed E-state index contributed by atoms with van der Waals surface area (Å²) in [6.45, 7) is 4.28. The zero-order valence-electron chi connectivity index (χ0n) is 16.0. The fourth-order valence-electron chi connectivity index (χ4n) is 2.80. The van der Waals surface area contributed by atoms with Gasteiger partial charge in [0.1, 0.15) is 9.88 Å². The molecule has 0 saturated heterocycles. The molecule has 1 aliphatic heterocycles. The normalized spacial score (nSPS) is 12.9. The summed E-state index contributed by atoms with van der Waals surface area (Å²) < 4.78 is 10.6. The number of aryl methyl sites for hydroxylation is 1. The zero-order chi connectivity index (χ0) is 18.5. The van der Waals surface area contributed by atoms with E-state index in [1.807, 2.05) is 25.1 Å². The molecule has 0 spiro atoms. The Balaban J connectivity index is 0.00000196. The van der Waals surface area contributed by atoms with Gasteiger partial charge in [-0.3, -0.25) is 4.79 Å². The first-order valence-electron chi connectivity index (χ1n) is 8.49. The summed E-state index contributed by atoms with van der Waals surface area (Å²) >= 11 is 1.39. The second-order valence-corrected chi connectivity index (χ2v) is 7.00. The van der Waals surface area contributed by atoms with Gasteiger partial charge in [0, 0.05) is 18.7 Å². The minimum absolute atomic E-state index is 0. The number of thiazole rings is 1. The van der Waals surface area contributed by atoms with Crippen molar-refractivity contribution < 1.29 is 14.3 Å². The lowest BCUT2D eigenvalue weighted by Crippen LogP contribution is -2.29. The minimum atomic E-state index is -0.0776. The molecule has 0 atom stereocenters. The molecule has 0 bridgehead atoms. The number of nitrogens with zero attached hydrogens (tertiary/aromatic N) is 1. The number of hydrogen-bond donors (Lipinski definition) is 2. The fraction of sp³-hybridized carbons (Fsp3) is 0.368. The van der Waals surface area contributed by atoms with E-state index in [4.69, 9.17) is 9.47 Å². The van der Waals surface area contributed by atoms with Crippen LogP contribution in [0.2, 0.25) is 0 Å². The summed E-state index contributed by atoms with van der Waals surface area (Å²) in [6.07, 6.45) is 3.11. The summed E-state index contributed by atoms with van der Waals surface area (Å²) in [7, 11) is 3.20. The van der Waals surface area contributed by atoms with Crippen LogP contribution in [-0.4, -0.2) is 44.7 Å². The van der Waals surface area contributed by atoms with Crippen LogP contribution in [0.25, 0.3) is 10.6 Å². The van der Waals surface area contributed by atoms with E-state index >= 15 is 0 Å². The highest BCUT2D eigenvalue weighted by Gasteiger charge is 2.17. The molecule has 0 saturated carbocycles. The Bertz CT molecular complexity index is 840. The molecule has 0 unspecified atom stereocenters. The SMILES string of the molecule is COc1ccc(-c2nc(C)c(C(=O)NCC3=CCNCC3)s2)cc1OC.Cl.Cl. The van der Waals surface area contributed by atoms with Crippen LogP contribution in [0, 0.1) is 6.92 Å². The molecule has 0 radical (unpaired) electrons. The second-order valence-electron chi connectivity index (χ2n) is 6.00. The molecule has 0 aliphatic carbocycles. The van der Waals surface area contributed by atoms with Gasteiger partial charge in [-0.05, 0) is 38.1 Å². The third-order valence-corrected chi connectivity index (χ3v) is 5.47. The van der Waals surface area contributed by atoms with Crippen LogP contribution in [0.4, 0.5) is 0 Å². The number of ether oxygens (including phenoxy) is 2. The Morgan fingerprint density at radius 2 is 2.00 bits per heavy atom. The molecular formula is C19H25Cl2N3O3S. The van der Waals surface area contributed by atoms with Crippen molar-refractivity contribution in [2.75, 3.05) is 33.9 Å². The molecule has 1 aliphatic rings. The highest BCUT2D eigenvalue weighted by Crippen LogP contribution is 2.34. The lowest BCUT2D eigenvalue weighted by Gasteiger charge is -2.14. The Kier molecular flexibility index (Phi) is 9.75. The third-order valence-electron chi connectivity index (χ3n) is 4.27. The lowest BCUT2D eigenvalue weighted by molar-refractivity contribution is 0.0960. The number of carbonyl (C=O) groups excluding carboxylic acids is 1. The van der Waals surface area contributed by atoms with E-state index in [-0.39, 0.29) is 30.7 Å². The van der Waals surface area contributed by atoms with Gasteiger partial charge in [0.05, 0.1) is 19.9 Å². The maximum atomic E-state index is 12.5. The van der Waals surface area contributed by atoms with Crippen LogP contribution in [-0.2, 0) is 0 Å². The topological polar surface area (TPSA) is 72.5 Å². The van der Waals surface area contributed by atoms with E-state index in [9.17, 15) is 4.79 Å². The van der Waals surface area contributed by atoms with Gasteiger partial charge in [-0.25, -0.2) is 4.98 Å². The molecule has 28 heavy (non-hydrogen) atoms. The monoisotopic (exact) mass is 445 g/mol. The maximum Gasteiger partial charge on any atom is 0.263 e. The molecule has 154 valence electrons. The van der Waals surface area contributed by atoms with Gasteiger partial charge in [-0.15, -0.1) is 36.2 Å². The van der Waals surface area contributed by atoms with Crippen LogP contribution < -0.4 is 20.1 Å². The minimum Gasteiger partial charge on any atom is -0.493 e. The number of benzene rings is 1. The van der Waals surface area contributed by atoms with Crippen LogP contribution in [0.3, 0.4) is 0 Å². The van der Waals surface area contributed by atoms with Crippen molar-refractivity contribution in [1.82, 2.24) is 15.6 Å². The van der Waals surface area contributed by atoms with Crippen LogP contribution in [0.15, 0.2) is 29.8 Å². The molecule has 1 amide bonds. The first kappa shape index (κ1) is 24.2. The lowest BCUT2D eigenvalue weighted by atomic mass is 10.1. The number of rotatable bonds is 6. The Labute approximate surface area is 181 Å². The molecule has 2 heterocycles. The molecule has 3 rings (SSSR count). The summed E-state index contributed by atoms with van der Waals surface area (Å²) in [4.78, 5) is 17.8. The smallest absolute Gasteiger partial charge is 0.263 e. The number of carbonyl (C=O) groups is 1. The number of aromatic nitrogens is 1. The predicted molar refractivity (Wildman–Crippen MR) is 118 cm³/mol. The Morgan fingerprint density at radius 3 is 2.64 bits per heavy atom. The van der Waals surface area contributed by atoms with E-state index in [0.717, 1.165) is 35.8 Å². The zero-order valence-corrected chi connectivity index (χ0v) is 18.5. The van der Waals surface area contributed by atoms with E-state index in [1.165, 1.54) is 16.9 Å². The molecule has 1 aromatic carbocycles. The van der Waals surface area contributed by atoms with Gasteiger partial charge in [0.2, 0.25) is 0 Å². The number of halogens is 2. The van der Waals surface area contributed by atoms with Crippen molar-refractivity contribution in [3.8, 4) is 22.1 Å². The summed E-state index contributed by atoms with van der Waals surface area (Å²) in [6, 6.07) is 5.63. The van der Waals surface area contributed by atoms with Crippen LogP contribution in [0.1, 0.15) is 21.8 Å².